The van der Waals surface area contributed by atoms with Gasteiger partial charge in [0.25, 0.3) is 0 Å². The molecule has 2 aromatic rings. The van der Waals surface area contributed by atoms with Crippen molar-refractivity contribution in [3.63, 3.8) is 0 Å². The van der Waals surface area contributed by atoms with Crippen molar-refractivity contribution in [2.75, 3.05) is 6.61 Å². The van der Waals surface area contributed by atoms with Crippen LogP contribution in [0.1, 0.15) is 13.8 Å². The Morgan fingerprint density at radius 1 is 1.56 bits per heavy atom. The van der Waals surface area contributed by atoms with E-state index in [0.717, 1.165) is 11.0 Å². The van der Waals surface area contributed by atoms with Crippen molar-refractivity contribution in [1.29, 1.82) is 0 Å². The van der Waals surface area contributed by atoms with Crippen LogP contribution in [0.5, 0.6) is 0 Å². The van der Waals surface area contributed by atoms with E-state index >= 15 is 0 Å². The third-order valence-electron chi connectivity index (χ3n) is 2.38. The smallest absolute Gasteiger partial charge is 0.332 e. The Morgan fingerprint density at radius 3 is 3.17 bits per heavy atom. The van der Waals surface area contributed by atoms with Crippen LogP contribution in [-0.4, -0.2) is 28.6 Å². The Labute approximate surface area is 104 Å². The number of carbonyl (C=O) groups excluding carboxylic acids is 1. The van der Waals surface area contributed by atoms with Crippen molar-refractivity contribution in [2.45, 2.75) is 19.9 Å². The molecule has 0 aliphatic carbocycles. The largest absolute Gasteiger partial charge is 0.464 e. The fourth-order valence-electron chi connectivity index (χ4n) is 1.45. The molecule has 0 bridgehead atoms. The average Bonchev–Trinajstić information content (AvgIpc) is 2.83. The van der Waals surface area contributed by atoms with Crippen LogP contribution >= 0.6 is 0 Å². The van der Waals surface area contributed by atoms with E-state index in [1.165, 1.54) is 0 Å². The predicted octanol–water partition coefficient (Wildman–Crippen LogP) is 2.60. The van der Waals surface area contributed by atoms with Crippen LogP contribution in [0.3, 0.4) is 0 Å². The van der Waals surface area contributed by atoms with Gasteiger partial charge in [0, 0.05) is 0 Å². The molecule has 0 amide bonds. The molecule has 0 saturated carbocycles. The number of nitrogens with one attached hydrogen (secondary N) is 1. The lowest BCUT2D eigenvalue weighted by atomic mass is 10.3. The molecule has 1 unspecified atom stereocenters. The quantitative estimate of drug-likeness (QED) is 0.665. The molecule has 0 aliphatic rings. The fourth-order valence-corrected chi connectivity index (χ4v) is 1.45. The highest BCUT2D eigenvalue weighted by Crippen LogP contribution is 2.19. The molecule has 6 heteroatoms. The zero-order valence-electron chi connectivity index (χ0n) is 10.3. The van der Waals surface area contributed by atoms with E-state index in [2.05, 4.69) is 20.2 Å². The number of aromatic amines is 1. The molecule has 1 aromatic heterocycles. The maximum Gasteiger partial charge on any atom is 0.332 e. The molecule has 0 radical (unpaired) electrons. The van der Waals surface area contributed by atoms with Gasteiger partial charge in [-0.1, -0.05) is 0 Å². The lowest BCUT2D eigenvalue weighted by Gasteiger charge is -2.03. The van der Waals surface area contributed by atoms with Gasteiger partial charge in [0.1, 0.15) is 0 Å². The van der Waals surface area contributed by atoms with Crippen LogP contribution in [0, 0.1) is 0 Å². The maximum atomic E-state index is 11.3. The highest BCUT2D eigenvalue weighted by atomic mass is 16.5. The highest BCUT2D eigenvalue weighted by molar-refractivity contribution is 5.78. The molecular formula is C12H14N4O2. The fraction of sp³-hybridized carbons (Fsp3) is 0.333. The van der Waals surface area contributed by atoms with E-state index in [0.29, 0.717) is 12.3 Å². The lowest BCUT2D eigenvalue weighted by molar-refractivity contribution is -0.144. The molecule has 2 rings (SSSR count). The number of nitrogens with zero attached hydrogens (tertiary/aromatic N) is 3. The van der Waals surface area contributed by atoms with E-state index in [1.807, 2.05) is 12.1 Å². The van der Waals surface area contributed by atoms with Crippen LogP contribution in [0.15, 0.2) is 34.8 Å². The Morgan fingerprint density at radius 2 is 2.39 bits per heavy atom. The number of hydrogen-bond acceptors (Lipinski definition) is 5. The second kappa shape index (κ2) is 5.39. The van der Waals surface area contributed by atoms with Gasteiger partial charge in [-0.3, -0.25) is 0 Å². The standard InChI is InChI=1S/C12H14N4O2/c1-3-18-12(17)8(2)15-16-9-4-5-10-11(6-9)14-7-13-10/h4-8H,3H2,1-2H3,(H,13,14). The predicted molar refractivity (Wildman–Crippen MR) is 66.7 cm³/mol. The Kier molecular flexibility index (Phi) is 3.66. The summed E-state index contributed by atoms with van der Waals surface area (Å²) in [4.78, 5) is 18.4. The molecule has 1 heterocycles. The number of aromatic nitrogens is 2. The van der Waals surface area contributed by atoms with Gasteiger partial charge in [-0.05, 0) is 32.0 Å². The third kappa shape index (κ3) is 2.71. The van der Waals surface area contributed by atoms with Crippen LogP contribution < -0.4 is 0 Å². The lowest BCUT2D eigenvalue weighted by Crippen LogP contribution is -2.17. The van der Waals surface area contributed by atoms with Gasteiger partial charge >= 0.3 is 5.97 Å². The summed E-state index contributed by atoms with van der Waals surface area (Å²) in [7, 11) is 0. The normalized spacial score (nSPS) is 13.0. The van der Waals surface area contributed by atoms with Crippen LogP contribution in [-0.2, 0) is 9.53 Å². The summed E-state index contributed by atoms with van der Waals surface area (Å²) in [6.45, 7) is 3.75. The second-order valence-electron chi connectivity index (χ2n) is 3.75. The molecule has 0 aliphatic heterocycles. The molecule has 0 fully saturated rings. The molecule has 1 N–H and O–H groups in total. The topological polar surface area (TPSA) is 79.7 Å². The van der Waals surface area contributed by atoms with Crippen molar-refractivity contribution in [3.8, 4) is 0 Å². The molecule has 1 aromatic carbocycles. The number of fused-ring (bicyclic) bond motifs is 1. The summed E-state index contributed by atoms with van der Waals surface area (Å²) < 4.78 is 4.84. The van der Waals surface area contributed by atoms with Crippen LogP contribution in [0.2, 0.25) is 0 Å². The summed E-state index contributed by atoms with van der Waals surface area (Å²) in [6.07, 6.45) is 1.62. The van der Waals surface area contributed by atoms with Crippen LogP contribution in [0.25, 0.3) is 11.0 Å². The van der Waals surface area contributed by atoms with Gasteiger partial charge in [-0.25, -0.2) is 9.78 Å². The molecule has 0 spiro atoms. The SMILES string of the molecule is CCOC(=O)C(C)N=Nc1ccc2nc[nH]c2c1. The number of hydrogen-bond donors (Lipinski definition) is 1. The van der Waals surface area contributed by atoms with E-state index in [-0.39, 0.29) is 5.97 Å². The number of ether oxygens (including phenoxy) is 1. The summed E-state index contributed by atoms with van der Waals surface area (Å²) in [6, 6.07) is 4.87. The minimum Gasteiger partial charge on any atom is -0.464 e. The molecule has 6 nitrogen and oxygen atoms in total. The van der Waals surface area contributed by atoms with Gasteiger partial charge in [-0.2, -0.15) is 10.2 Å². The number of carbonyl (C=O) groups is 1. The molecule has 18 heavy (non-hydrogen) atoms. The number of benzene rings is 1. The average molecular weight is 246 g/mol. The minimum atomic E-state index is -0.595. The Bertz CT molecular complexity index is 576. The number of azo groups is 1. The minimum absolute atomic E-state index is 0.346. The maximum absolute atomic E-state index is 11.3. The van der Waals surface area contributed by atoms with Crippen molar-refractivity contribution >= 4 is 22.7 Å². The van der Waals surface area contributed by atoms with Crippen molar-refractivity contribution in [3.05, 3.63) is 24.5 Å². The number of imidazole rings is 1. The van der Waals surface area contributed by atoms with Gasteiger partial charge in [0.2, 0.25) is 0 Å². The van der Waals surface area contributed by atoms with Crippen molar-refractivity contribution in [2.24, 2.45) is 10.2 Å². The molecular weight excluding hydrogens is 232 g/mol. The number of H-pyrrole nitrogens is 1. The van der Waals surface area contributed by atoms with Crippen molar-refractivity contribution < 1.29 is 9.53 Å². The van der Waals surface area contributed by atoms with E-state index < -0.39 is 6.04 Å². The number of esters is 1. The first kappa shape index (κ1) is 12.2. The summed E-state index contributed by atoms with van der Waals surface area (Å²) in [5.74, 6) is -0.371. The van der Waals surface area contributed by atoms with Gasteiger partial charge < -0.3 is 9.72 Å². The van der Waals surface area contributed by atoms with E-state index in [1.54, 1.807) is 26.2 Å². The van der Waals surface area contributed by atoms with Gasteiger partial charge in [-0.15, -0.1) is 0 Å². The Hall–Kier alpha value is -2.24. The second-order valence-corrected chi connectivity index (χ2v) is 3.75. The first-order valence-electron chi connectivity index (χ1n) is 5.71. The summed E-state index contributed by atoms with van der Waals surface area (Å²) in [5.41, 5.74) is 2.42. The summed E-state index contributed by atoms with van der Waals surface area (Å²) in [5, 5.41) is 7.94. The monoisotopic (exact) mass is 246 g/mol. The van der Waals surface area contributed by atoms with Gasteiger partial charge in [0.15, 0.2) is 6.04 Å². The molecule has 1 atom stereocenters. The number of rotatable bonds is 4. The van der Waals surface area contributed by atoms with E-state index in [4.69, 9.17) is 4.74 Å². The van der Waals surface area contributed by atoms with Crippen LogP contribution in [0.4, 0.5) is 5.69 Å². The zero-order chi connectivity index (χ0) is 13.0. The van der Waals surface area contributed by atoms with Gasteiger partial charge in [0.05, 0.1) is 29.7 Å². The van der Waals surface area contributed by atoms with Crippen molar-refractivity contribution in [1.82, 2.24) is 9.97 Å². The highest BCUT2D eigenvalue weighted by Gasteiger charge is 2.12. The first-order chi connectivity index (χ1) is 8.70. The molecule has 0 saturated heterocycles. The molecule has 94 valence electrons. The first-order valence-corrected chi connectivity index (χ1v) is 5.71. The zero-order valence-corrected chi connectivity index (χ0v) is 10.3. The summed E-state index contributed by atoms with van der Waals surface area (Å²) >= 11 is 0. The Balaban J connectivity index is 2.10. The third-order valence-corrected chi connectivity index (χ3v) is 2.38. The van der Waals surface area contributed by atoms with E-state index in [9.17, 15) is 4.79 Å².